The summed E-state index contributed by atoms with van der Waals surface area (Å²) in [7, 11) is 0. The van der Waals surface area contributed by atoms with Gasteiger partial charge in [0.15, 0.2) is 0 Å². The van der Waals surface area contributed by atoms with Crippen molar-refractivity contribution in [3.05, 3.63) is 29.8 Å². The molecule has 0 amide bonds. The zero-order valence-electron chi connectivity index (χ0n) is 8.57. The predicted octanol–water partition coefficient (Wildman–Crippen LogP) is 1.55. The SMILES string of the molecule is N#Cc1ccc(OCC2CCNC2)cc1. The average molecular weight is 202 g/mol. The highest BCUT2D eigenvalue weighted by atomic mass is 16.5. The minimum absolute atomic E-state index is 0.626. The first-order valence-electron chi connectivity index (χ1n) is 5.22. The Balaban J connectivity index is 1.85. The van der Waals surface area contributed by atoms with Crippen LogP contribution in [-0.2, 0) is 0 Å². The van der Waals surface area contributed by atoms with E-state index in [4.69, 9.17) is 10.00 Å². The van der Waals surface area contributed by atoms with Crippen LogP contribution in [0.4, 0.5) is 0 Å². The zero-order valence-corrected chi connectivity index (χ0v) is 8.57. The number of ether oxygens (including phenoxy) is 1. The Kier molecular flexibility index (Phi) is 3.21. The van der Waals surface area contributed by atoms with Crippen LogP contribution in [0, 0.1) is 17.2 Å². The van der Waals surface area contributed by atoms with Gasteiger partial charge in [0.25, 0.3) is 0 Å². The normalized spacial score (nSPS) is 19.8. The van der Waals surface area contributed by atoms with Crippen LogP contribution >= 0.6 is 0 Å². The van der Waals surface area contributed by atoms with E-state index in [-0.39, 0.29) is 0 Å². The van der Waals surface area contributed by atoms with E-state index < -0.39 is 0 Å². The minimum atomic E-state index is 0.626. The Labute approximate surface area is 89.7 Å². The zero-order chi connectivity index (χ0) is 10.5. The van der Waals surface area contributed by atoms with Gasteiger partial charge in [-0.3, -0.25) is 0 Å². The standard InChI is InChI=1S/C12H14N2O/c13-7-10-1-3-12(4-2-10)15-9-11-5-6-14-8-11/h1-4,11,14H,5-6,8-9H2. The first-order chi connectivity index (χ1) is 7.38. The molecule has 1 heterocycles. The van der Waals surface area contributed by atoms with Crippen molar-refractivity contribution in [2.75, 3.05) is 19.7 Å². The van der Waals surface area contributed by atoms with Crippen LogP contribution in [0.5, 0.6) is 5.75 Å². The first-order valence-corrected chi connectivity index (χ1v) is 5.22. The molecule has 1 fully saturated rings. The number of nitriles is 1. The third-order valence-corrected chi connectivity index (χ3v) is 2.63. The molecule has 1 aromatic carbocycles. The van der Waals surface area contributed by atoms with E-state index in [1.807, 2.05) is 12.1 Å². The summed E-state index contributed by atoms with van der Waals surface area (Å²) in [6.45, 7) is 2.91. The largest absolute Gasteiger partial charge is 0.493 e. The molecule has 1 saturated heterocycles. The summed E-state index contributed by atoms with van der Waals surface area (Å²) in [6.07, 6.45) is 1.19. The topological polar surface area (TPSA) is 45.0 Å². The summed E-state index contributed by atoms with van der Waals surface area (Å²) in [5, 5.41) is 11.9. The lowest BCUT2D eigenvalue weighted by molar-refractivity contribution is 0.260. The van der Waals surface area contributed by atoms with Crippen molar-refractivity contribution in [2.45, 2.75) is 6.42 Å². The van der Waals surface area contributed by atoms with Crippen LogP contribution in [0.2, 0.25) is 0 Å². The molecule has 0 spiro atoms. The highest BCUT2D eigenvalue weighted by molar-refractivity contribution is 5.34. The second-order valence-corrected chi connectivity index (χ2v) is 3.81. The van der Waals surface area contributed by atoms with E-state index in [1.54, 1.807) is 12.1 Å². The fraction of sp³-hybridized carbons (Fsp3) is 0.417. The van der Waals surface area contributed by atoms with Crippen LogP contribution < -0.4 is 10.1 Å². The summed E-state index contributed by atoms with van der Waals surface area (Å²) in [6, 6.07) is 9.34. The fourth-order valence-electron chi connectivity index (χ4n) is 1.70. The number of hydrogen-bond acceptors (Lipinski definition) is 3. The van der Waals surface area contributed by atoms with Gasteiger partial charge in [0, 0.05) is 12.5 Å². The van der Waals surface area contributed by atoms with Crippen molar-refractivity contribution in [1.29, 1.82) is 5.26 Å². The molecule has 15 heavy (non-hydrogen) atoms. The molecule has 1 aliphatic heterocycles. The Hall–Kier alpha value is -1.53. The van der Waals surface area contributed by atoms with Crippen molar-refractivity contribution in [1.82, 2.24) is 5.32 Å². The molecule has 78 valence electrons. The summed E-state index contributed by atoms with van der Waals surface area (Å²) in [5.74, 6) is 1.47. The van der Waals surface area contributed by atoms with Gasteiger partial charge in [-0.1, -0.05) is 0 Å². The molecular weight excluding hydrogens is 188 g/mol. The van der Waals surface area contributed by atoms with Gasteiger partial charge in [0.2, 0.25) is 0 Å². The van der Waals surface area contributed by atoms with Crippen molar-refractivity contribution in [3.8, 4) is 11.8 Å². The van der Waals surface area contributed by atoms with Gasteiger partial charge in [-0.25, -0.2) is 0 Å². The average Bonchev–Trinajstić information content (AvgIpc) is 2.80. The molecule has 3 heteroatoms. The van der Waals surface area contributed by atoms with E-state index in [9.17, 15) is 0 Å². The molecule has 0 radical (unpaired) electrons. The van der Waals surface area contributed by atoms with Gasteiger partial charge < -0.3 is 10.1 Å². The van der Waals surface area contributed by atoms with Crippen molar-refractivity contribution >= 4 is 0 Å². The maximum Gasteiger partial charge on any atom is 0.119 e. The van der Waals surface area contributed by atoms with Crippen molar-refractivity contribution in [2.24, 2.45) is 5.92 Å². The second-order valence-electron chi connectivity index (χ2n) is 3.81. The molecule has 1 unspecified atom stereocenters. The van der Waals surface area contributed by atoms with Gasteiger partial charge in [-0.15, -0.1) is 0 Å². The Morgan fingerprint density at radius 2 is 2.20 bits per heavy atom. The van der Waals surface area contributed by atoms with E-state index >= 15 is 0 Å². The monoisotopic (exact) mass is 202 g/mol. The molecular formula is C12H14N2O. The third kappa shape index (κ3) is 2.71. The predicted molar refractivity (Wildman–Crippen MR) is 57.6 cm³/mol. The first kappa shape index (κ1) is 10.0. The maximum absolute atomic E-state index is 8.63. The Morgan fingerprint density at radius 3 is 2.80 bits per heavy atom. The van der Waals surface area contributed by atoms with E-state index in [2.05, 4.69) is 11.4 Å². The maximum atomic E-state index is 8.63. The molecule has 1 aliphatic rings. The summed E-state index contributed by atoms with van der Waals surface area (Å²) >= 11 is 0. The van der Waals surface area contributed by atoms with Crippen LogP contribution in [-0.4, -0.2) is 19.7 Å². The van der Waals surface area contributed by atoms with E-state index in [0.29, 0.717) is 11.5 Å². The smallest absolute Gasteiger partial charge is 0.119 e. The molecule has 1 atom stereocenters. The summed E-state index contributed by atoms with van der Waals surface area (Å²) < 4.78 is 5.64. The van der Waals surface area contributed by atoms with Crippen LogP contribution in [0.1, 0.15) is 12.0 Å². The van der Waals surface area contributed by atoms with Crippen molar-refractivity contribution < 1.29 is 4.74 Å². The lowest BCUT2D eigenvalue weighted by Crippen LogP contribution is -2.15. The molecule has 3 nitrogen and oxygen atoms in total. The van der Waals surface area contributed by atoms with Gasteiger partial charge in [-0.05, 0) is 37.2 Å². The number of hydrogen-bond donors (Lipinski definition) is 1. The summed E-state index contributed by atoms with van der Waals surface area (Å²) in [5.41, 5.74) is 0.671. The van der Waals surface area contributed by atoms with Crippen LogP contribution in [0.15, 0.2) is 24.3 Å². The highest BCUT2D eigenvalue weighted by Gasteiger charge is 2.14. The molecule has 0 saturated carbocycles. The molecule has 0 aromatic heterocycles. The lowest BCUT2D eigenvalue weighted by atomic mass is 10.1. The van der Waals surface area contributed by atoms with E-state index in [1.165, 1.54) is 6.42 Å². The summed E-state index contributed by atoms with van der Waals surface area (Å²) in [4.78, 5) is 0. The third-order valence-electron chi connectivity index (χ3n) is 2.63. The van der Waals surface area contributed by atoms with E-state index in [0.717, 1.165) is 25.4 Å². The second kappa shape index (κ2) is 4.81. The molecule has 1 N–H and O–H groups in total. The van der Waals surface area contributed by atoms with Crippen LogP contribution in [0.25, 0.3) is 0 Å². The minimum Gasteiger partial charge on any atom is -0.493 e. The van der Waals surface area contributed by atoms with Crippen LogP contribution in [0.3, 0.4) is 0 Å². The number of nitrogens with zero attached hydrogens (tertiary/aromatic N) is 1. The Morgan fingerprint density at radius 1 is 1.40 bits per heavy atom. The van der Waals surface area contributed by atoms with Gasteiger partial charge >= 0.3 is 0 Å². The molecule has 2 rings (SSSR count). The molecule has 1 aromatic rings. The number of nitrogens with one attached hydrogen (secondary N) is 1. The van der Waals surface area contributed by atoms with Gasteiger partial charge in [0.1, 0.15) is 5.75 Å². The number of benzene rings is 1. The van der Waals surface area contributed by atoms with Gasteiger partial charge in [-0.2, -0.15) is 5.26 Å². The Bertz CT molecular complexity index is 347. The highest BCUT2D eigenvalue weighted by Crippen LogP contribution is 2.14. The van der Waals surface area contributed by atoms with Gasteiger partial charge in [0.05, 0.1) is 18.2 Å². The quantitative estimate of drug-likeness (QED) is 0.808. The number of rotatable bonds is 3. The fourth-order valence-corrected chi connectivity index (χ4v) is 1.70. The lowest BCUT2D eigenvalue weighted by Gasteiger charge is -2.10. The molecule has 0 bridgehead atoms. The van der Waals surface area contributed by atoms with Crippen molar-refractivity contribution in [3.63, 3.8) is 0 Å². The molecule has 0 aliphatic carbocycles.